The lowest BCUT2D eigenvalue weighted by atomic mass is 10.0. The standard InChI is InChI=1S/C18H14BO2S/c1-2-11-7-5-9-14-16-13-8-4-3-6-12(13)10-15(21-19-20)18(16)22-17(11)14/h3-10,20H,2H2,1H3. The van der Waals surface area contributed by atoms with Gasteiger partial charge in [-0.05, 0) is 28.8 Å². The maximum Gasteiger partial charge on any atom is 0.569 e. The third-order valence-corrected chi connectivity index (χ3v) is 5.39. The van der Waals surface area contributed by atoms with Crippen LogP contribution in [-0.2, 0) is 6.42 Å². The summed E-state index contributed by atoms with van der Waals surface area (Å²) in [6, 6.07) is 16.8. The van der Waals surface area contributed by atoms with E-state index in [2.05, 4.69) is 43.3 Å². The number of rotatable bonds is 3. The Labute approximate surface area is 133 Å². The van der Waals surface area contributed by atoms with Crippen LogP contribution in [0.25, 0.3) is 30.9 Å². The topological polar surface area (TPSA) is 29.5 Å². The maximum absolute atomic E-state index is 9.08. The molecule has 4 heteroatoms. The van der Waals surface area contributed by atoms with Crippen LogP contribution >= 0.6 is 11.3 Å². The normalized spacial score (nSPS) is 11.4. The Hall–Kier alpha value is -2.04. The molecule has 4 aromatic rings. The van der Waals surface area contributed by atoms with Crippen LogP contribution in [-0.4, -0.2) is 12.7 Å². The molecule has 1 N–H and O–H groups in total. The van der Waals surface area contributed by atoms with Gasteiger partial charge in [-0.3, -0.25) is 0 Å². The molecule has 0 saturated carbocycles. The van der Waals surface area contributed by atoms with Gasteiger partial charge in [0.05, 0.1) is 4.70 Å². The third-order valence-electron chi connectivity index (χ3n) is 4.10. The van der Waals surface area contributed by atoms with Crippen molar-refractivity contribution in [2.45, 2.75) is 13.3 Å². The smallest absolute Gasteiger partial charge is 0.536 e. The summed E-state index contributed by atoms with van der Waals surface area (Å²) in [7, 11) is 0.759. The molecule has 1 aromatic heterocycles. The Kier molecular flexibility index (Phi) is 3.28. The molecule has 0 aliphatic carbocycles. The second-order valence-electron chi connectivity index (χ2n) is 5.27. The summed E-state index contributed by atoms with van der Waals surface area (Å²) in [5, 5.41) is 13.9. The van der Waals surface area contributed by atoms with E-state index in [1.54, 1.807) is 11.3 Å². The van der Waals surface area contributed by atoms with Crippen LogP contribution in [0.5, 0.6) is 5.75 Å². The van der Waals surface area contributed by atoms with Crippen molar-refractivity contribution in [2.75, 3.05) is 0 Å². The zero-order valence-corrected chi connectivity index (χ0v) is 13.0. The highest BCUT2D eigenvalue weighted by Gasteiger charge is 2.15. The van der Waals surface area contributed by atoms with E-state index in [-0.39, 0.29) is 0 Å². The molecule has 0 aliphatic heterocycles. The SMILES string of the molecule is CCc1cccc2c1sc1c(O[B]O)cc3ccccc3c12. The molecule has 107 valence electrons. The molecular formula is C18H14BO2S. The van der Waals surface area contributed by atoms with Crippen molar-refractivity contribution in [3.8, 4) is 5.75 Å². The molecule has 2 nitrogen and oxygen atoms in total. The van der Waals surface area contributed by atoms with Gasteiger partial charge in [0.1, 0.15) is 5.75 Å². The van der Waals surface area contributed by atoms with Crippen molar-refractivity contribution in [1.29, 1.82) is 0 Å². The van der Waals surface area contributed by atoms with Crippen LogP contribution < -0.4 is 4.65 Å². The van der Waals surface area contributed by atoms with E-state index in [1.165, 1.54) is 26.4 Å². The Morgan fingerprint density at radius 1 is 1.05 bits per heavy atom. The summed E-state index contributed by atoms with van der Waals surface area (Å²) in [5.74, 6) is 0.708. The number of fused-ring (bicyclic) bond motifs is 5. The summed E-state index contributed by atoms with van der Waals surface area (Å²) >= 11 is 1.74. The Morgan fingerprint density at radius 3 is 2.68 bits per heavy atom. The van der Waals surface area contributed by atoms with E-state index >= 15 is 0 Å². The number of hydrogen-bond donors (Lipinski definition) is 1. The number of thiophene rings is 1. The molecule has 0 unspecified atom stereocenters. The van der Waals surface area contributed by atoms with Crippen LogP contribution in [0.4, 0.5) is 0 Å². The molecule has 1 radical (unpaired) electrons. The van der Waals surface area contributed by atoms with Crippen molar-refractivity contribution in [1.82, 2.24) is 0 Å². The molecule has 4 rings (SSSR count). The lowest BCUT2D eigenvalue weighted by Crippen LogP contribution is -1.99. The summed E-state index contributed by atoms with van der Waals surface area (Å²) < 4.78 is 7.76. The van der Waals surface area contributed by atoms with Crippen LogP contribution in [0.1, 0.15) is 12.5 Å². The first-order valence-corrected chi connectivity index (χ1v) is 8.13. The van der Waals surface area contributed by atoms with Crippen molar-refractivity contribution >= 4 is 50.0 Å². The quantitative estimate of drug-likeness (QED) is 0.557. The Bertz CT molecular complexity index is 991. The van der Waals surface area contributed by atoms with Gasteiger partial charge in [0.2, 0.25) is 0 Å². The number of aryl methyl sites for hydroxylation is 1. The predicted octanol–water partition coefficient (Wildman–Crippen LogP) is 4.68. The minimum atomic E-state index is 0.708. The van der Waals surface area contributed by atoms with E-state index in [1.807, 2.05) is 12.1 Å². The Balaban J connectivity index is 2.25. The van der Waals surface area contributed by atoms with E-state index in [9.17, 15) is 0 Å². The number of hydrogen-bond acceptors (Lipinski definition) is 3. The van der Waals surface area contributed by atoms with Gasteiger partial charge in [-0.15, -0.1) is 11.3 Å². The van der Waals surface area contributed by atoms with Crippen LogP contribution in [0.3, 0.4) is 0 Å². The highest BCUT2D eigenvalue weighted by atomic mass is 32.1. The zero-order valence-electron chi connectivity index (χ0n) is 12.2. The third kappa shape index (κ3) is 1.91. The van der Waals surface area contributed by atoms with Crippen molar-refractivity contribution < 1.29 is 9.68 Å². The molecule has 0 atom stereocenters. The molecule has 0 amide bonds. The van der Waals surface area contributed by atoms with Crippen LogP contribution in [0, 0.1) is 0 Å². The molecule has 1 heterocycles. The summed E-state index contributed by atoms with van der Waals surface area (Å²) in [5.41, 5.74) is 1.35. The molecule has 0 bridgehead atoms. The fourth-order valence-corrected chi connectivity index (χ4v) is 4.46. The van der Waals surface area contributed by atoms with Gasteiger partial charge in [-0.25, -0.2) is 0 Å². The fraction of sp³-hybridized carbons (Fsp3) is 0.111. The molecule has 0 fully saturated rings. The zero-order chi connectivity index (χ0) is 15.1. The van der Waals surface area contributed by atoms with Crippen molar-refractivity contribution in [3.63, 3.8) is 0 Å². The van der Waals surface area contributed by atoms with Gasteiger partial charge in [0, 0.05) is 15.5 Å². The average Bonchev–Trinajstić information content (AvgIpc) is 2.95. The lowest BCUT2D eigenvalue weighted by molar-refractivity contribution is 0.457. The first-order valence-electron chi connectivity index (χ1n) is 7.32. The highest BCUT2D eigenvalue weighted by Crippen LogP contribution is 2.44. The monoisotopic (exact) mass is 305 g/mol. The van der Waals surface area contributed by atoms with E-state index < -0.39 is 0 Å². The molecule has 22 heavy (non-hydrogen) atoms. The fourth-order valence-electron chi connectivity index (χ4n) is 3.10. The van der Waals surface area contributed by atoms with Gasteiger partial charge >= 0.3 is 7.69 Å². The van der Waals surface area contributed by atoms with Crippen LogP contribution in [0.15, 0.2) is 48.5 Å². The van der Waals surface area contributed by atoms with Gasteiger partial charge < -0.3 is 9.68 Å². The molecular weight excluding hydrogens is 291 g/mol. The van der Waals surface area contributed by atoms with Crippen molar-refractivity contribution in [2.24, 2.45) is 0 Å². The first kappa shape index (κ1) is 13.6. The lowest BCUT2D eigenvalue weighted by Gasteiger charge is -2.07. The second kappa shape index (κ2) is 5.31. The highest BCUT2D eigenvalue weighted by molar-refractivity contribution is 7.26. The van der Waals surface area contributed by atoms with Crippen molar-refractivity contribution in [3.05, 3.63) is 54.1 Å². The average molecular weight is 305 g/mol. The predicted molar refractivity (Wildman–Crippen MR) is 94.8 cm³/mol. The van der Waals surface area contributed by atoms with E-state index in [0.29, 0.717) is 5.75 Å². The minimum absolute atomic E-state index is 0.708. The molecule has 0 saturated heterocycles. The number of benzene rings is 3. The summed E-state index contributed by atoms with van der Waals surface area (Å²) in [6.45, 7) is 2.18. The molecule has 0 spiro atoms. The van der Waals surface area contributed by atoms with Gasteiger partial charge in [0.15, 0.2) is 0 Å². The molecule has 3 aromatic carbocycles. The van der Waals surface area contributed by atoms with Gasteiger partial charge in [-0.1, -0.05) is 49.4 Å². The first-order chi connectivity index (χ1) is 10.8. The van der Waals surface area contributed by atoms with Crippen LogP contribution in [0.2, 0.25) is 0 Å². The summed E-state index contributed by atoms with van der Waals surface area (Å²) in [4.78, 5) is 0. The minimum Gasteiger partial charge on any atom is -0.536 e. The summed E-state index contributed by atoms with van der Waals surface area (Å²) in [6.07, 6.45) is 1.00. The van der Waals surface area contributed by atoms with E-state index in [4.69, 9.17) is 9.68 Å². The van der Waals surface area contributed by atoms with Gasteiger partial charge in [-0.2, -0.15) is 0 Å². The Morgan fingerprint density at radius 2 is 1.86 bits per heavy atom. The second-order valence-corrected chi connectivity index (χ2v) is 6.29. The van der Waals surface area contributed by atoms with E-state index in [0.717, 1.165) is 24.2 Å². The molecule has 0 aliphatic rings. The maximum atomic E-state index is 9.08. The van der Waals surface area contributed by atoms with Gasteiger partial charge in [0.25, 0.3) is 0 Å². The largest absolute Gasteiger partial charge is 0.569 e.